The molecule has 0 spiro atoms. The SMILES string of the molecule is CCOC(=O)C(Cc1ccccc1)NC(=O)COc1cccc(C)c1. The van der Waals surface area contributed by atoms with E-state index in [0.29, 0.717) is 12.2 Å². The number of benzene rings is 2. The maximum atomic E-state index is 12.2. The van der Waals surface area contributed by atoms with Crippen LogP contribution in [0.15, 0.2) is 54.6 Å². The summed E-state index contributed by atoms with van der Waals surface area (Å²) < 4.78 is 10.5. The van der Waals surface area contributed by atoms with Gasteiger partial charge in [-0.3, -0.25) is 4.79 Å². The summed E-state index contributed by atoms with van der Waals surface area (Å²) in [5.41, 5.74) is 1.99. The van der Waals surface area contributed by atoms with Crippen LogP contribution in [-0.2, 0) is 20.7 Å². The molecule has 1 atom stereocenters. The summed E-state index contributed by atoms with van der Waals surface area (Å²) in [5.74, 6) is -0.198. The molecule has 0 saturated carbocycles. The smallest absolute Gasteiger partial charge is 0.328 e. The molecule has 2 rings (SSSR count). The molecule has 5 heteroatoms. The van der Waals surface area contributed by atoms with Crippen molar-refractivity contribution in [1.82, 2.24) is 5.32 Å². The summed E-state index contributed by atoms with van der Waals surface area (Å²) in [5, 5.41) is 2.70. The largest absolute Gasteiger partial charge is 0.484 e. The van der Waals surface area contributed by atoms with E-state index in [1.165, 1.54) is 0 Å². The first-order chi connectivity index (χ1) is 12.1. The van der Waals surface area contributed by atoms with Crippen molar-refractivity contribution < 1.29 is 19.1 Å². The van der Waals surface area contributed by atoms with Gasteiger partial charge in [0.2, 0.25) is 0 Å². The first-order valence-electron chi connectivity index (χ1n) is 8.28. The van der Waals surface area contributed by atoms with Crippen molar-refractivity contribution in [3.8, 4) is 5.75 Å². The Balaban J connectivity index is 1.95. The topological polar surface area (TPSA) is 64.6 Å². The summed E-state index contributed by atoms with van der Waals surface area (Å²) in [4.78, 5) is 24.3. The fourth-order valence-electron chi connectivity index (χ4n) is 2.38. The molecule has 0 fully saturated rings. The van der Waals surface area contributed by atoms with Crippen LogP contribution < -0.4 is 10.1 Å². The molecular formula is C20H23NO4. The minimum atomic E-state index is -0.740. The third-order valence-electron chi connectivity index (χ3n) is 3.55. The van der Waals surface area contributed by atoms with Crippen LogP contribution in [0.3, 0.4) is 0 Å². The molecular weight excluding hydrogens is 318 g/mol. The van der Waals surface area contributed by atoms with Crippen LogP contribution in [0.2, 0.25) is 0 Å². The first kappa shape index (κ1) is 18.5. The van der Waals surface area contributed by atoms with Gasteiger partial charge in [0.05, 0.1) is 6.61 Å². The molecule has 2 aromatic rings. The number of carbonyl (C=O) groups excluding carboxylic acids is 2. The van der Waals surface area contributed by atoms with E-state index in [4.69, 9.17) is 9.47 Å². The van der Waals surface area contributed by atoms with E-state index in [1.54, 1.807) is 13.0 Å². The Kier molecular flexibility index (Phi) is 7.01. The Labute approximate surface area is 148 Å². The van der Waals surface area contributed by atoms with Crippen molar-refractivity contribution in [1.29, 1.82) is 0 Å². The van der Waals surface area contributed by atoms with Crippen LogP contribution in [0, 0.1) is 6.92 Å². The van der Waals surface area contributed by atoms with Gasteiger partial charge in [0, 0.05) is 6.42 Å². The first-order valence-corrected chi connectivity index (χ1v) is 8.28. The lowest BCUT2D eigenvalue weighted by atomic mass is 10.1. The lowest BCUT2D eigenvalue weighted by Crippen LogP contribution is -2.45. The highest BCUT2D eigenvalue weighted by atomic mass is 16.5. The van der Waals surface area contributed by atoms with Crippen molar-refractivity contribution in [2.75, 3.05) is 13.2 Å². The molecule has 25 heavy (non-hydrogen) atoms. The number of ether oxygens (including phenoxy) is 2. The monoisotopic (exact) mass is 341 g/mol. The van der Waals surface area contributed by atoms with Crippen LogP contribution in [0.1, 0.15) is 18.1 Å². The van der Waals surface area contributed by atoms with E-state index in [9.17, 15) is 9.59 Å². The Morgan fingerprint density at radius 2 is 1.84 bits per heavy atom. The molecule has 132 valence electrons. The number of carbonyl (C=O) groups is 2. The number of rotatable bonds is 8. The zero-order valence-electron chi connectivity index (χ0n) is 14.5. The molecule has 1 unspecified atom stereocenters. The highest BCUT2D eigenvalue weighted by Crippen LogP contribution is 2.12. The molecule has 2 aromatic carbocycles. The molecule has 0 saturated heterocycles. The second-order valence-electron chi connectivity index (χ2n) is 5.67. The van der Waals surface area contributed by atoms with Crippen LogP contribution in [0.4, 0.5) is 0 Å². The molecule has 0 aliphatic rings. The second-order valence-corrected chi connectivity index (χ2v) is 5.67. The van der Waals surface area contributed by atoms with E-state index < -0.39 is 12.0 Å². The third kappa shape index (κ3) is 6.30. The van der Waals surface area contributed by atoms with Gasteiger partial charge in [-0.2, -0.15) is 0 Å². The highest BCUT2D eigenvalue weighted by Gasteiger charge is 2.22. The van der Waals surface area contributed by atoms with E-state index in [2.05, 4.69) is 5.32 Å². The third-order valence-corrected chi connectivity index (χ3v) is 3.55. The predicted molar refractivity (Wildman–Crippen MR) is 95.4 cm³/mol. The van der Waals surface area contributed by atoms with Gasteiger partial charge >= 0.3 is 5.97 Å². The fourth-order valence-corrected chi connectivity index (χ4v) is 2.38. The van der Waals surface area contributed by atoms with Crippen LogP contribution >= 0.6 is 0 Å². The fraction of sp³-hybridized carbons (Fsp3) is 0.300. The molecule has 5 nitrogen and oxygen atoms in total. The summed E-state index contributed by atoms with van der Waals surface area (Å²) in [7, 11) is 0. The standard InChI is InChI=1S/C20H23NO4/c1-3-24-20(23)18(13-16-9-5-4-6-10-16)21-19(22)14-25-17-11-7-8-15(2)12-17/h4-12,18H,3,13-14H2,1-2H3,(H,21,22). The van der Waals surface area contributed by atoms with Crippen LogP contribution in [0.25, 0.3) is 0 Å². The predicted octanol–water partition coefficient (Wildman–Crippen LogP) is 2.66. The van der Waals surface area contributed by atoms with Gasteiger partial charge in [0.15, 0.2) is 6.61 Å². The van der Waals surface area contributed by atoms with Crippen molar-refractivity contribution >= 4 is 11.9 Å². The number of hydrogen-bond acceptors (Lipinski definition) is 4. The molecule has 1 amide bonds. The average Bonchev–Trinajstić information content (AvgIpc) is 2.60. The Morgan fingerprint density at radius 1 is 1.08 bits per heavy atom. The molecule has 0 radical (unpaired) electrons. The molecule has 0 heterocycles. The normalized spacial score (nSPS) is 11.4. The Morgan fingerprint density at radius 3 is 2.52 bits per heavy atom. The van der Waals surface area contributed by atoms with Crippen molar-refractivity contribution in [2.24, 2.45) is 0 Å². The van der Waals surface area contributed by atoms with Crippen LogP contribution in [-0.4, -0.2) is 31.1 Å². The van der Waals surface area contributed by atoms with E-state index in [1.807, 2.05) is 55.5 Å². The second kappa shape index (κ2) is 9.47. The van der Waals surface area contributed by atoms with E-state index in [-0.39, 0.29) is 19.1 Å². The minimum absolute atomic E-state index is 0.159. The summed E-state index contributed by atoms with van der Waals surface area (Å²) in [6, 6.07) is 16.2. The Hall–Kier alpha value is -2.82. The number of esters is 1. The number of amides is 1. The van der Waals surface area contributed by atoms with Gasteiger partial charge in [-0.15, -0.1) is 0 Å². The summed E-state index contributed by atoms with van der Waals surface area (Å²) in [6.45, 7) is 3.79. The van der Waals surface area contributed by atoms with E-state index in [0.717, 1.165) is 11.1 Å². The van der Waals surface area contributed by atoms with Gasteiger partial charge in [-0.1, -0.05) is 42.5 Å². The zero-order valence-corrected chi connectivity index (χ0v) is 14.5. The summed E-state index contributed by atoms with van der Waals surface area (Å²) >= 11 is 0. The van der Waals surface area contributed by atoms with Crippen molar-refractivity contribution in [2.45, 2.75) is 26.3 Å². The quantitative estimate of drug-likeness (QED) is 0.750. The van der Waals surface area contributed by atoms with Gasteiger partial charge in [-0.05, 0) is 37.1 Å². The van der Waals surface area contributed by atoms with Crippen LogP contribution in [0.5, 0.6) is 5.75 Å². The molecule has 0 aromatic heterocycles. The highest BCUT2D eigenvalue weighted by molar-refractivity contribution is 5.85. The molecule has 0 aliphatic carbocycles. The van der Waals surface area contributed by atoms with Crippen molar-refractivity contribution in [3.63, 3.8) is 0 Å². The Bertz CT molecular complexity index is 700. The minimum Gasteiger partial charge on any atom is -0.484 e. The molecule has 0 bridgehead atoms. The lowest BCUT2D eigenvalue weighted by molar-refractivity contribution is -0.147. The average molecular weight is 341 g/mol. The van der Waals surface area contributed by atoms with Gasteiger partial charge in [-0.25, -0.2) is 4.79 Å². The van der Waals surface area contributed by atoms with Gasteiger partial charge < -0.3 is 14.8 Å². The summed E-state index contributed by atoms with van der Waals surface area (Å²) in [6.07, 6.45) is 0.371. The van der Waals surface area contributed by atoms with E-state index >= 15 is 0 Å². The molecule has 0 aliphatic heterocycles. The zero-order chi connectivity index (χ0) is 18.1. The number of hydrogen-bond donors (Lipinski definition) is 1. The maximum absolute atomic E-state index is 12.2. The lowest BCUT2D eigenvalue weighted by Gasteiger charge is -2.17. The van der Waals surface area contributed by atoms with Crippen molar-refractivity contribution in [3.05, 3.63) is 65.7 Å². The van der Waals surface area contributed by atoms with Gasteiger partial charge in [0.1, 0.15) is 11.8 Å². The number of nitrogens with one attached hydrogen (secondary N) is 1. The molecule has 1 N–H and O–H groups in total. The maximum Gasteiger partial charge on any atom is 0.328 e. The number of aryl methyl sites for hydroxylation is 1. The van der Waals surface area contributed by atoms with Gasteiger partial charge in [0.25, 0.3) is 5.91 Å².